The van der Waals surface area contributed by atoms with Crippen LogP contribution in [-0.2, 0) is 6.54 Å². The van der Waals surface area contributed by atoms with Gasteiger partial charge in [-0.2, -0.15) is 0 Å². The number of rotatable bonds is 6. The number of aromatic hydroxyl groups is 1. The van der Waals surface area contributed by atoms with E-state index in [0.29, 0.717) is 12.1 Å². The average Bonchev–Trinajstić information content (AvgIpc) is 2.25. The minimum Gasteiger partial charge on any atom is -0.505 e. The van der Waals surface area contributed by atoms with Crippen molar-refractivity contribution in [3.05, 3.63) is 29.6 Å². The Morgan fingerprint density at radius 1 is 1.19 bits per heavy atom. The first-order chi connectivity index (χ1) is 7.69. The SMILES string of the molecule is CCCN(CCC)Cc1cccc(F)c1O. The molecule has 0 aliphatic heterocycles. The third kappa shape index (κ3) is 3.49. The summed E-state index contributed by atoms with van der Waals surface area (Å²) in [6, 6.07) is 4.69. The quantitative estimate of drug-likeness (QED) is 0.804. The van der Waals surface area contributed by atoms with Crippen LogP contribution >= 0.6 is 0 Å². The molecule has 0 heterocycles. The van der Waals surface area contributed by atoms with Crippen LogP contribution < -0.4 is 0 Å². The first kappa shape index (κ1) is 13.0. The van der Waals surface area contributed by atoms with E-state index in [4.69, 9.17) is 0 Å². The Balaban J connectivity index is 2.72. The van der Waals surface area contributed by atoms with Crippen molar-refractivity contribution in [2.75, 3.05) is 13.1 Å². The molecule has 1 rings (SSSR count). The molecular formula is C13H20FNO. The van der Waals surface area contributed by atoms with Gasteiger partial charge in [0.1, 0.15) is 0 Å². The molecule has 1 aromatic rings. The summed E-state index contributed by atoms with van der Waals surface area (Å²) >= 11 is 0. The fraction of sp³-hybridized carbons (Fsp3) is 0.538. The van der Waals surface area contributed by atoms with Gasteiger partial charge in [-0.15, -0.1) is 0 Å². The molecule has 0 aliphatic carbocycles. The van der Waals surface area contributed by atoms with Crippen molar-refractivity contribution in [2.24, 2.45) is 0 Å². The van der Waals surface area contributed by atoms with Crippen molar-refractivity contribution in [3.63, 3.8) is 0 Å². The van der Waals surface area contributed by atoms with Crippen molar-refractivity contribution in [1.29, 1.82) is 0 Å². The number of hydrogen-bond donors (Lipinski definition) is 1. The second kappa shape index (κ2) is 6.48. The number of halogens is 1. The average molecular weight is 225 g/mol. The van der Waals surface area contributed by atoms with Gasteiger partial charge in [0, 0.05) is 12.1 Å². The van der Waals surface area contributed by atoms with E-state index in [9.17, 15) is 9.50 Å². The summed E-state index contributed by atoms with van der Waals surface area (Å²) in [6.45, 7) is 6.81. The van der Waals surface area contributed by atoms with E-state index in [1.807, 2.05) is 0 Å². The lowest BCUT2D eigenvalue weighted by atomic mass is 10.1. The van der Waals surface area contributed by atoms with E-state index >= 15 is 0 Å². The van der Waals surface area contributed by atoms with Crippen LogP contribution in [0.25, 0.3) is 0 Å². The zero-order valence-corrected chi connectivity index (χ0v) is 10.0. The molecule has 0 amide bonds. The van der Waals surface area contributed by atoms with Crippen LogP contribution in [0.1, 0.15) is 32.3 Å². The van der Waals surface area contributed by atoms with Gasteiger partial charge in [0.2, 0.25) is 0 Å². The van der Waals surface area contributed by atoms with Gasteiger partial charge in [0.05, 0.1) is 0 Å². The van der Waals surface area contributed by atoms with Crippen LogP contribution in [0.3, 0.4) is 0 Å². The Morgan fingerprint density at radius 2 is 1.81 bits per heavy atom. The van der Waals surface area contributed by atoms with Crippen molar-refractivity contribution in [3.8, 4) is 5.75 Å². The van der Waals surface area contributed by atoms with Gasteiger partial charge in [-0.05, 0) is 32.0 Å². The molecule has 90 valence electrons. The summed E-state index contributed by atoms with van der Waals surface area (Å²) in [7, 11) is 0. The van der Waals surface area contributed by atoms with Gasteiger partial charge < -0.3 is 5.11 Å². The largest absolute Gasteiger partial charge is 0.505 e. The smallest absolute Gasteiger partial charge is 0.165 e. The third-order valence-electron chi connectivity index (χ3n) is 2.54. The topological polar surface area (TPSA) is 23.5 Å². The number of nitrogens with zero attached hydrogens (tertiary/aromatic N) is 1. The molecule has 3 heteroatoms. The zero-order valence-electron chi connectivity index (χ0n) is 10.0. The van der Waals surface area contributed by atoms with E-state index in [-0.39, 0.29) is 5.75 Å². The lowest BCUT2D eigenvalue weighted by molar-refractivity contribution is 0.261. The molecule has 0 unspecified atom stereocenters. The summed E-state index contributed by atoms with van der Waals surface area (Å²) in [5.74, 6) is -0.745. The Bertz CT molecular complexity index is 322. The van der Waals surface area contributed by atoms with E-state index in [0.717, 1.165) is 25.9 Å². The number of phenolic OH excluding ortho intramolecular Hbond substituents is 1. The second-order valence-electron chi connectivity index (χ2n) is 4.02. The molecule has 0 spiro atoms. The Kier molecular flexibility index (Phi) is 5.26. The van der Waals surface area contributed by atoms with E-state index < -0.39 is 5.82 Å². The number of para-hydroxylation sites is 1. The van der Waals surface area contributed by atoms with Gasteiger partial charge in [0.25, 0.3) is 0 Å². The maximum absolute atomic E-state index is 13.1. The molecule has 0 atom stereocenters. The highest BCUT2D eigenvalue weighted by Crippen LogP contribution is 2.22. The minimum atomic E-state index is -0.537. The van der Waals surface area contributed by atoms with Crippen LogP contribution in [0.2, 0.25) is 0 Å². The predicted molar refractivity (Wildman–Crippen MR) is 63.9 cm³/mol. The molecule has 0 bridgehead atoms. The van der Waals surface area contributed by atoms with Gasteiger partial charge in [-0.1, -0.05) is 26.0 Å². The summed E-state index contributed by atoms with van der Waals surface area (Å²) in [6.07, 6.45) is 2.13. The number of phenols is 1. The lowest BCUT2D eigenvalue weighted by Gasteiger charge is -2.21. The molecular weight excluding hydrogens is 205 g/mol. The van der Waals surface area contributed by atoms with E-state index in [1.54, 1.807) is 12.1 Å². The van der Waals surface area contributed by atoms with E-state index in [2.05, 4.69) is 18.7 Å². The molecule has 0 aliphatic rings. The van der Waals surface area contributed by atoms with Gasteiger partial charge in [-0.25, -0.2) is 4.39 Å². The first-order valence-corrected chi connectivity index (χ1v) is 5.87. The van der Waals surface area contributed by atoms with Crippen LogP contribution in [0.4, 0.5) is 4.39 Å². The highest BCUT2D eigenvalue weighted by Gasteiger charge is 2.10. The van der Waals surface area contributed by atoms with Crippen LogP contribution in [-0.4, -0.2) is 23.1 Å². The summed E-state index contributed by atoms with van der Waals surface area (Å²) in [5.41, 5.74) is 0.668. The van der Waals surface area contributed by atoms with Crippen LogP contribution in [0.5, 0.6) is 5.75 Å². The molecule has 0 saturated heterocycles. The van der Waals surface area contributed by atoms with Crippen molar-refractivity contribution in [1.82, 2.24) is 4.90 Å². The Hall–Kier alpha value is -1.09. The standard InChI is InChI=1S/C13H20FNO/c1-3-8-15(9-4-2)10-11-6-5-7-12(14)13(11)16/h5-7,16H,3-4,8-10H2,1-2H3. The molecule has 2 nitrogen and oxygen atoms in total. The molecule has 0 aromatic heterocycles. The van der Waals surface area contributed by atoms with Crippen LogP contribution in [0, 0.1) is 5.82 Å². The maximum Gasteiger partial charge on any atom is 0.165 e. The summed E-state index contributed by atoms with van der Waals surface area (Å²) in [5, 5.41) is 9.58. The molecule has 1 aromatic carbocycles. The monoisotopic (exact) mass is 225 g/mol. The molecule has 0 fully saturated rings. The Morgan fingerprint density at radius 3 is 2.38 bits per heavy atom. The fourth-order valence-electron chi connectivity index (χ4n) is 1.83. The van der Waals surface area contributed by atoms with Crippen molar-refractivity contribution >= 4 is 0 Å². The number of benzene rings is 1. The molecule has 1 N–H and O–H groups in total. The van der Waals surface area contributed by atoms with Gasteiger partial charge in [0.15, 0.2) is 11.6 Å². The summed E-state index contributed by atoms with van der Waals surface area (Å²) in [4.78, 5) is 2.23. The lowest BCUT2D eigenvalue weighted by Crippen LogP contribution is -2.25. The van der Waals surface area contributed by atoms with Crippen molar-refractivity contribution in [2.45, 2.75) is 33.2 Å². The molecule has 0 radical (unpaired) electrons. The second-order valence-corrected chi connectivity index (χ2v) is 4.02. The Labute approximate surface area is 96.7 Å². The molecule has 16 heavy (non-hydrogen) atoms. The highest BCUT2D eigenvalue weighted by molar-refractivity contribution is 5.33. The molecule has 0 saturated carbocycles. The highest BCUT2D eigenvalue weighted by atomic mass is 19.1. The first-order valence-electron chi connectivity index (χ1n) is 5.87. The third-order valence-corrected chi connectivity index (χ3v) is 2.54. The zero-order chi connectivity index (χ0) is 12.0. The normalized spacial score (nSPS) is 11.0. The summed E-state index contributed by atoms with van der Waals surface area (Å²) < 4.78 is 13.1. The van der Waals surface area contributed by atoms with Gasteiger partial charge in [-0.3, -0.25) is 4.90 Å². The van der Waals surface area contributed by atoms with E-state index in [1.165, 1.54) is 6.07 Å². The van der Waals surface area contributed by atoms with Crippen LogP contribution in [0.15, 0.2) is 18.2 Å². The van der Waals surface area contributed by atoms with Gasteiger partial charge >= 0.3 is 0 Å². The maximum atomic E-state index is 13.1. The predicted octanol–water partition coefficient (Wildman–Crippen LogP) is 3.15. The minimum absolute atomic E-state index is 0.209. The van der Waals surface area contributed by atoms with Crippen molar-refractivity contribution < 1.29 is 9.50 Å². The number of hydrogen-bond acceptors (Lipinski definition) is 2. The fourth-order valence-corrected chi connectivity index (χ4v) is 1.83.